The Hall–Kier alpha value is -0.950. The fourth-order valence-corrected chi connectivity index (χ4v) is 4.65. The second-order valence-electron chi connectivity index (χ2n) is 5.88. The molecule has 3 fully saturated rings. The molecule has 0 aromatic rings. The van der Waals surface area contributed by atoms with Crippen LogP contribution in [0.15, 0.2) is 0 Å². The van der Waals surface area contributed by atoms with Gasteiger partial charge in [-0.05, 0) is 18.8 Å². The molecule has 6 nitrogen and oxygen atoms in total. The number of thioether (sulfide) groups is 1. The molecule has 112 valence electrons. The fraction of sp³-hybridized carbons (Fsp3) is 0.846. The number of aliphatic hydroxyl groups excluding tert-OH is 1. The summed E-state index contributed by atoms with van der Waals surface area (Å²) in [6.07, 6.45) is 1.49. The quantitative estimate of drug-likeness (QED) is 0.728. The van der Waals surface area contributed by atoms with Crippen LogP contribution in [0.3, 0.4) is 0 Å². The second kappa shape index (κ2) is 5.44. The van der Waals surface area contributed by atoms with E-state index in [1.807, 2.05) is 0 Å². The maximum Gasteiger partial charge on any atom is 0.327 e. The van der Waals surface area contributed by atoms with E-state index in [2.05, 4.69) is 0 Å². The van der Waals surface area contributed by atoms with Crippen molar-refractivity contribution in [2.75, 3.05) is 31.1 Å². The van der Waals surface area contributed by atoms with Gasteiger partial charge in [-0.2, -0.15) is 11.8 Å². The molecule has 2 aliphatic heterocycles. The summed E-state index contributed by atoms with van der Waals surface area (Å²) in [5, 5.41) is 19.1. The van der Waals surface area contributed by atoms with Gasteiger partial charge in [0.2, 0.25) is 0 Å². The van der Waals surface area contributed by atoms with Crippen molar-refractivity contribution in [1.82, 2.24) is 9.80 Å². The lowest BCUT2D eigenvalue weighted by Crippen LogP contribution is -2.54. The van der Waals surface area contributed by atoms with Gasteiger partial charge in [-0.1, -0.05) is 0 Å². The predicted octanol–water partition coefficient (Wildman–Crippen LogP) is 0.311. The summed E-state index contributed by atoms with van der Waals surface area (Å²) in [6, 6.07) is -0.883. The zero-order valence-corrected chi connectivity index (χ0v) is 12.1. The molecule has 1 aliphatic carbocycles. The molecule has 4 atom stereocenters. The molecule has 0 aromatic heterocycles. The summed E-state index contributed by atoms with van der Waals surface area (Å²) in [4.78, 5) is 27.0. The number of nitrogens with zero attached hydrogens (tertiary/aromatic N) is 2. The topological polar surface area (TPSA) is 81.1 Å². The van der Waals surface area contributed by atoms with E-state index < -0.39 is 12.0 Å². The number of amides is 2. The van der Waals surface area contributed by atoms with E-state index in [1.165, 1.54) is 4.90 Å². The van der Waals surface area contributed by atoms with Gasteiger partial charge in [-0.15, -0.1) is 0 Å². The van der Waals surface area contributed by atoms with E-state index in [0.717, 1.165) is 18.6 Å². The lowest BCUT2D eigenvalue weighted by molar-refractivity contribution is -0.141. The molecule has 0 spiro atoms. The summed E-state index contributed by atoms with van der Waals surface area (Å²) < 4.78 is 0. The van der Waals surface area contributed by atoms with Crippen LogP contribution in [-0.2, 0) is 4.79 Å². The number of hydrogen-bond donors (Lipinski definition) is 2. The van der Waals surface area contributed by atoms with Crippen LogP contribution in [0.5, 0.6) is 0 Å². The Bertz CT molecular complexity index is 419. The van der Waals surface area contributed by atoms with Crippen LogP contribution < -0.4 is 0 Å². The average molecular weight is 300 g/mol. The van der Waals surface area contributed by atoms with Crippen LogP contribution in [0.25, 0.3) is 0 Å². The van der Waals surface area contributed by atoms with Crippen molar-refractivity contribution in [3.8, 4) is 0 Å². The second-order valence-corrected chi connectivity index (χ2v) is 7.03. The molecule has 0 bridgehead atoms. The van der Waals surface area contributed by atoms with Crippen LogP contribution in [0.1, 0.15) is 12.8 Å². The maximum absolute atomic E-state index is 12.6. The lowest BCUT2D eigenvalue weighted by atomic mass is 10.00. The molecule has 0 aromatic carbocycles. The van der Waals surface area contributed by atoms with Crippen LogP contribution >= 0.6 is 11.8 Å². The Kier molecular flexibility index (Phi) is 3.81. The van der Waals surface area contributed by atoms with Crippen molar-refractivity contribution in [2.45, 2.75) is 25.0 Å². The summed E-state index contributed by atoms with van der Waals surface area (Å²) >= 11 is 1.58. The van der Waals surface area contributed by atoms with E-state index in [9.17, 15) is 19.8 Å². The Balaban J connectivity index is 1.68. The molecule has 1 saturated carbocycles. The van der Waals surface area contributed by atoms with E-state index in [1.54, 1.807) is 16.7 Å². The minimum Gasteiger partial charge on any atom is -0.480 e. The molecule has 2 saturated heterocycles. The zero-order chi connectivity index (χ0) is 14.3. The number of aliphatic hydroxyl groups is 1. The molecule has 2 heterocycles. The fourth-order valence-electron chi connectivity index (χ4n) is 3.61. The van der Waals surface area contributed by atoms with Gasteiger partial charge in [0, 0.05) is 37.1 Å². The van der Waals surface area contributed by atoms with Gasteiger partial charge in [0.25, 0.3) is 0 Å². The van der Waals surface area contributed by atoms with Crippen molar-refractivity contribution >= 4 is 23.8 Å². The van der Waals surface area contributed by atoms with Crippen LogP contribution in [0.4, 0.5) is 4.79 Å². The minimum atomic E-state index is -0.926. The van der Waals surface area contributed by atoms with Crippen molar-refractivity contribution in [3.05, 3.63) is 0 Å². The first-order chi connectivity index (χ1) is 9.58. The normalized spacial score (nSPS) is 37.0. The Morgan fingerprint density at radius 1 is 1.20 bits per heavy atom. The molecule has 4 unspecified atom stereocenters. The number of carbonyl (C=O) groups is 2. The number of aliphatic carboxylic acids is 1. The number of rotatable bonds is 1. The number of fused-ring (bicyclic) bond motifs is 1. The number of carboxylic acids is 1. The number of carboxylic acid groups (broad SMARTS) is 1. The van der Waals surface area contributed by atoms with Gasteiger partial charge < -0.3 is 20.0 Å². The number of urea groups is 1. The SMILES string of the molecule is O=C(O)C1CSCCN1C(=O)N1CC2CCC(O)C2C1. The molecule has 2 N–H and O–H groups in total. The van der Waals surface area contributed by atoms with Crippen molar-refractivity contribution in [1.29, 1.82) is 0 Å². The van der Waals surface area contributed by atoms with Crippen LogP contribution in [0, 0.1) is 11.8 Å². The molecule has 7 heteroatoms. The van der Waals surface area contributed by atoms with Gasteiger partial charge in [-0.25, -0.2) is 9.59 Å². The number of likely N-dealkylation sites (tertiary alicyclic amines) is 1. The molecule has 20 heavy (non-hydrogen) atoms. The minimum absolute atomic E-state index is 0.167. The number of carbonyl (C=O) groups excluding carboxylic acids is 1. The molecule has 2 amide bonds. The largest absolute Gasteiger partial charge is 0.480 e. The summed E-state index contributed by atoms with van der Waals surface area (Å²) in [5.41, 5.74) is 0. The molecule has 3 rings (SSSR count). The van der Waals surface area contributed by atoms with E-state index in [-0.39, 0.29) is 18.1 Å². The summed E-state index contributed by atoms with van der Waals surface area (Å²) in [6.45, 7) is 1.73. The lowest BCUT2D eigenvalue weighted by Gasteiger charge is -2.35. The van der Waals surface area contributed by atoms with Gasteiger partial charge in [-0.3, -0.25) is 0 Å². The van der Waals surface area contributed by atoms with E-state index in [0.29, 0.717) is 31.3 Å². The first-order valence-corrected chi connectivity index (χ1v) is 8.27. The number of hydrogen-bond acceptors (Lipinski definition) is 4. The van der Waals surface area contributed by atoms with Gasteiger partial charge in [0.1, 0.15) is 6.04 Å². The highest BCUT2D eigenvalue weighted by Crippen LogP contribution is 2.38. The van der Waals surface area contributed by atoms with E-state index >= 15 is 0 Å². The average Bonchev–Trinajstić information content (AvgIpc) is 3.00. The maximum atomic E-state index is 12.6. The standard InChI is InChI=1S/C13H20N2O4S/c16-11-2-1-8-5-14(6-9(8)11)13(19)15-3-4-20-7-10(15)12(17)18/h8-11,16H,1-7H2,(H,17,18). The Labute approximate surface area is 122 Å². The molecular formula is C13H20N2O4S. The van der Waals surface area contributed by atoms with Gasteiger partial charge in [0.05, 0.1) is 6.10 Å². The van der Waals surface area contributed by atoms with Gasteiger partial charge >= 0.3 is 12.0 Å². The first kappa shape index (κ1) is 14.0. The zero-order valence-electron chi connectivity index (χ0n) is 11.3. The smallest absolute Gasteiger partial charge is 0.327 e. The third-order valence-electron chi connectivity index (χ3n) is 4.75. The third-order valence-corrected chi connectivity index (χ3v) is 5.77. The van der Waals surface area contributed by atoms with Crippen LogP contribution in [0.2, 0.25) is 0 Å². The molecular weight excluding hydrogens is 280 g/mol. The highest BCUT2D eigenvalue weighted by Gasteiger charge is 2.45. The van der Waals surface area contributed by atoms with Crippen molar-refractivity contribution in [2.24, 2.45) is 11.8 Å². The third kappa shape index (κ3) is 2.37. The van der Waals surface area contributed by atoms with Crippen molar-refractivity contribution < 1.29 is 19.8 Å². The Morgan fingerprint density at radius 3 is 2.70 bits per heavy atom. The van der Waals surface area contributed by atoms with Crippen molar-refractivity contribution in [3.63, 3.8) is 0 Å². The predicted molar refractivity (Wildman–Crippen MR) is 74.6 cm³/mol. The summed E-state index contributed by atoms with van der Waals surface area (Å²) in [5.74, 6) is 0.895. The summed E-state index contributed by atoms with van der Waals surface area (Å²) in [7, 11) is 0. The Morgan fingerprint density at radius 2 is 2.00 bits per heavy atom. The van der Waals surface area contributed by atoms with Gasteiger partial charge in [0.15, 0.2) is 0 Å². The molecule has 0 radical (unpaired) electrons. The van der Waals surface area contributed by atoms with Crippen LogP contribution in [-0.4, -0.2) is 75.3 Å². The monoisotopic (exact) mass is 300 g/mol. The highest BCUT2D eigenvalue weighted by molar-refractivity contribution is 7.99. The van der Waals surface area contributed by atoms with E-state index in [4.69, 9.17) is 0 Å². The first-order valence-electron chi connectivity index (χ1n) is 7.12. The molecule has 3 aliphatic rings. The highest BCUT2D eigenvalue weighted by atomic mass is 32.2.